The van der Waals surface area contributed by atoms with Crippen molar-refractivity contribution in [2.45, 2.75) is 26.4 Å². The first-order valence-electron chi connectivity index (χ1n) is 4.79. The molecule has 0 fully saturated rings. The summed E-state index contributed by atoms with van der Waals surface area (Å²) in [6.07, 6.45) is 3.53. The maximum absolute atomic E-state index is 5.70. The van der Waals surface area contributed by atoms with E-state index in [0.717, 1.165) is 12.2 Å². The summed E-state index contributed by atoms with van der Waals surface area (Å²) in [6, 6.07) is 8.23. The average molecular weight is 174 g/mol. The van der Waals surface area contributed by atoms with Gasteiger partial charge in [-0.25, -0.2) is 0 Å². The Kier molecular flexibility index (Phi) is 2.09. The van der Waals surface area contributed by atoms with Gasteiger partial charge in [0.25, 0.3) is 0 Å². The van der Waals surface area contributed by atoms with Crippen LogP contribution in [0.3, 0.4) is 0 Å². The minimum Gasteiger partial charge on any atom is -0.485 e. The van der Waals surface area contributed by atoms with Gasteiger partial charge in [0.15, 0.2) is 0 Å². The monoisotopic (exact) mass is 174 g/mol. The predicted octanol–water partition coefficient (Wildman–Crippen LogP) is 3.26. The lowest BCUT2D eigenvalue weighted by Gasteiger charge is -2.03. The Hall–Kier alpha value is -1.24. The minimum atomic E-state index is 0.220. The number of allylic oxidation sites excluding steroid dienone is 1. The molecular formula is C12H14O. The fourth-order valence-corrected chi connectivity index (χ4v) is 1.78. The molecule has 1 heterocycles. The molecule has 0 amide bonds. The van der Waals surface area contributed by atoms with Crippen molar-refractivity contribution in [3.8, 4) is 5.75 Å². The van der Waals surface area contributed by atoms with Crippen molar-refractivity contribution < 1.29 is 4.74 Å². The van der Waals surface area contributed by atoms with Crippen molar-refractivity contribution in [2.75, 3.05) is 0 Å². The van der Waals surface area contributed by atoms with E-state index in [1.54, 1.807) is 0 Å². The van der Waals surface area contributed by atoms with Crippen molar-refractivity contribution in [1.29, 1.82) is 0 Å². The average Bonchev–Trinajstić information content (AvgIpc) is 2.44. The molecule has 13 heavy (non-hydrogen) atoms. The van der Waals surface area contributed by atoms with Crippen LogP contribution in [-0.4, -0.2) is 6.10 Å². The Labute approximate surface area is 79.0 Å². The molecule has 0 aromatic heterocycles. The van der Waals surface area contributed by atoms with Crippen LogP contribution in [0.2, 0.25) is 0 Å². The van der Waals surface area contributed by atoms with Gasteiger partial charge in [-0.1, -0.05) is 31.2 Å². The Balaban J connectivity index is 2.46. The second-order valence-electron chi connectivity index (χ2n) is 3.32. The summed E-state index contributed by atoms with van der Waals surface area (Å²) in [7, 11) is 0. The van der Waals surface area contributed by atoms with Crippen molar-refractivity contribution in [2.24, 2.45) is 0 Å². The van der Waals surface area contributed by atoms with E-state index in [4.69, 9.17) is 4.74 Å². The third-order valence-electron chi connectivity index (χ3n) is 2.36. The zero-order valence-electron chi connectivity index (χ0n) is 8.08. The fraction of sp³-hybridized carbons (Fsp3) is 0.333. The number of hydrogen-bond donors (Lipinski definition) is 0. The second kappa shape index (κ2) is 3.25. The molecule has 0 bridgehead atoms. The molecule has 68 valence electrons. The number of hydrogen-bond acceptors (Lipinski definition) is 1. The molecule has 1 aromatic carbocycles. The summed E-state index contributed by atoms with van der Waals surface area (Å²) < 4.78 is 5.70. The molecule has 1 aliphatic heterocycles. The van der Waals surface area contributed by atoms with Gasteiger partial charge >= 0.3 is 0 Å². The summed E-state index contributed by atoms with van der Waals surface area (Å²) in [5.74, 6) is 1.02. The van der Waals surface area contributed by atoms with Gasteiger partial charge in [0, 0.05) is 5.56 Å². The standard InChI is InChI=1S/C12H14O/c1-3-6-10-9(2)13-12-8-5-4-7-11(10)12/h4-9H,3H2,1-2H3/b10-6+. The third-order valence-corrected chi connectivity index (χ3v) is 2.36. The Bertz CT molecular complexity index is 339. The topological polar surface area (TPSA) is 9.23 Å². The Morgan fingerprint density at radius 1 is 1.38 bits per heavy atom. The molecule has 0 spiro atoms. The van der Waals surface area contributed by atoms with Crippen molar-refractivity contribution in [3.05, 3.63) is 35.9 Å². The van der Waals surface area contributed by atoms with Crippen LogP contribution in [0, 0.1) is 0 Å². The van der Waals surface area contributed by atoms with Gasteiger partial charge in [-0.15, -0.1) is 0 Å². The molecule has 0 saturated carbocycles. The molecule has 1 heteroatoms. The van der Waals surface area contributed by atoms with Crippen LogP contribution in [0.4, 0.5) is 0 Å². The lowest BCUT2D eigenvalue weighted by Crippen LogP contribution is -2.05. The van der Waals surface area contributed by atoms with Gasteiger partial charge in [-0.2, -0.15) is 0 Å². The summed E-state index contributed by atoms with van der Waals surface area (Å²) in [5.41, 5.74) is 2.59. The molecule has 1 aliphatic rings. The zero-order chi connectivity index (χ0) is 9.26. The van der Waals surface area contributed by atoms with E-state index in [-0.39, 0.29) is 6.10 Å². The highest BCUT2D eigenvalue weighted by molar-refractivity contribution is 5.76. The first-order chi connectivity index (χ1) is 6.33. The molecule has 0 saturated heterocycles. The fourth-order valence-electron chi connectivity index (χ4n) is 1.78. The van der Waals surface area contributed by atoms with E-state index in [2.05, 4.69) is 32.1 Å². The van der Waals surface area contributed by atoms with Crippen LogP contribution in [0.1, 0.15) is 25.8 Å². The highest BCUT2D eigenvalue weighted by Gasteiger charge is 2.23. The molecule has 1 aromatic rings. The van der Waals surface area contributed by atoms with Crippen molar-refractivity contribution >= 4 is 5.57 Å². The SMILES string of the molecule is CC/C=C1/c2ccccc2OC1C. The van der Waals surface area contributed by atoms with E-state index < -0.39 is 0 Å². The predicted molar refractivity (Wildman–Crippen MR) is 54.8 cm³/mol. The van der Waals surface area contributed by atoms with Crippen LogP contribution < -0.4 is 4.74 Å². The van der Waals surface area contributed by atoms with E-state index >= 15 is 0 Å². The van der Waals surface area contributed by atoms with Crippen molar-refractivity contribution in [3.63, 3.8) is 0 Å². The Morgan fingerprint density at radius 3 is 2.92 bits per heavy atom. The maximum atomic E-state index is 5.70. The van der Waals surface area contributed by atoms with E-state index in [1.807, 2.05) is 12.1 Å². The summed E-state index contributed by atoms with van der Waals surface area (Å²) in [6.45, 7) is 4.25. The van der Waals surface area contributed by atoms with Crippen LogP contribution >= 0.6 is 0 Å². The zero-order valence-corrected chi connectivity index (χ0v) is 8.08. The molecule has 1 atom stereocenters. The van der Waals surface area contributed by atoms with Crippen molar-refractivity contribution in [1.82, 2.24) is 0 Å². The number of rotatable bonds is 1. The van der Waals surface area contributed by atoms with Crippen LogP contribution in [0.5, 0.6) is 5.75 Å². The quantitative estimate of drug-likeness (QED) is 0.635. The first-order valence-corrected chi connectivity index (χ1v) is 4.79. The molecule has 1 nitrogen and oxygen atoms in total. The lowest BCUT2D eigenvalue weighted by atomic mass is 10.0. The smallest absolute Gasteiger partial charge is 0.127 e. The summed E-state index contributed by atoms with van der Waals surface area (Å²) >= 11 is 0. The van der Waals surface area contributed by atoms with Gasteiger partial charge in [0.05, 0.1) is 0 Å². The lowest BCUT2D eigenvalue weighted by molar-refractivity contribution is 0.297. The molecule has 0 radical (unpaired) electrons. The Morgan fingerprint density at radius 2 is 2.15 bits per heavy atom. The van der Waals surface area contributed by atoms with Gasteiger partial charge in [-0.3, -0.25) is 0 Å². The van der Waals surface area contributed by atoms with Crippen LogP contribution in [0.25, 0.3) is 5.57 Å². The molecule has 2 rings (SSSR count). The number of para-hydroxylation sites is 1. The number of fused-ring (bicyclic) bond motifs is 1. The highest BCUT2D eigenvalue weighted by atomic mass is 16.5. The maximum Gasteiger partial charge on any atom is 0.127 e. The van der Waals surface area contributed by atoms with Gasteiger partial charge in [0.2, 0.25) is 0 Å². The van der Waals surface area contributed by atoms with E-state index in [0.29, 0.717) is 0 Å². The normalized spacial score (nSPS) is 22.9. The molecule has 0 N–H and O–H groups in total. The summed E-state index contributed by atoms with van der Waals surface area (Å²) in [4.78, 5) is 0. The third kappa shape index (κ3) is 1.35. The molecular weight excluding hydrogens is 160 g/mol. The van der Waals surface area contributed by atoms with Crippen LogP contribution in [0.15, 0.2) is 30.3 Å². The number of ether oxygens (including phenoxy) is 1. The largest absolute Gasteiger partial charge is 0.485 e. The van der Waals surface area contributed by atoms with Crippen LogP contribution in [-0.2, 0) is 0 Å². The van der Waals surface area contributed by atoms with Gasteiger partial charge in [-0.05, 0) is 25.0 Å². The van der Waals surface area contributed by atoms with Gasteiger partial charge in [0.1, 0.15) is 11.9 Å². The molecule has 1 unspecified atom stereocenters. The number of benzene rings is 1. The van der Waals surface area contributed by atoms with E-state index in [1.165, 1.54) is 11.1 Å². The summed E-state index contributed by atoms with van der Waals surface area (Å²) in [5, 5.41) is 0. The highest BCUT2D eigenvalue weighted by Crippen LogP contribution is 2.36. The second-order valence-corrected chi connectivity index (χ2v) is 3.32. The minimum absolute atomic E-state index is 0.220. The first kappa shape index (κ1) is 8.36. The van der Waals surface area contributed by atoms with Gasteiger partial charge < -0.3 is 4.74 Å². The van der Waals surface area contributed by atoms with E-state index in [9.17, 15) is 0 Å². The molecule has 0 aliphatic carbocycles.